The van der Waals surface area contributed by atoms with Crippen LogP contribution in [0, 0.1) is 11.6 Å². The molecule has 2 amide bonds. The van der Waals surface area contributed by atoms with Gasteiger partial charge in [0.2, 0.25) is 5.91 Å². The van der Waals surface area contributed by atoms with E-state index in [0.717, 1.165) is 12.1 Å². The fourth-order valence-electron chi connectivity index (χ4n) is 2.02. The van der Waals surface area contributed by atoms with Crippen molar-refractivity contribution in [3.8, 4) is 0 Å². The van der Waals surface area contributed by atoms with Gasteiger partial charge < -0.3 is 10.6 Å². The highest BCUT2D eigenvalue weighted by molar-refractivity contribution is 6.43. The lowest BCUT2D eigenvalue weighted by Gasteiger charge is -2.18. The summed E-state index contributed by atoms with van der Waals surface area (Å²) in [5, 5.41) is 4.98. The Morgan fingerprint density at radius 3 is 2.42 bits per heavy atom. The molecule has 0 saturated carbocycles. The van der Waals surface area contributed by atoms with Crippen molar-refractivity contribution >= 4 is 35.0 Å². The first-order valence-electron chi connectivity index (χ1n) is 6.76. The van der Waals surface area contributed by atoms with Gasteiger partial charge in [0.15, 0.2) is 11.6 Å². The van der Waals surface area contributed by atoms with Crippen molar-refractivity contribution in [3.05, 3.63) is 69.2 Å². The van der Waals surface area contributed by atoms with Crippen LogP contribution in [0.2, 0.25) is 10.0 Å². The quantitative estimate of drug-likeness (QED) is 0.862. The first-order valence-corrected chi connectivity index (χ1v) is 7.52. The summed E-state index contributed by atoms with van der Waals surface area (Å²) in [4.78, 5) is 24.4. The number of halogens is 4. The molecule has 0 fully saturated rings. The molecule has 1 unspecified atom stereocenters. The Balaban J connectivity index is 2.35. The molecule has 2 aromatic rings. The summed E-state index contributed by atoms with van der Waals surface area (Å²) in [5.41, 5.74) is 0.139. The highest BCUT2D eigenvalue weighted by atomic mass is 35.5. The lowest BCUT2D eigenvalue weighted by atomic mass is 10.0. The number of nitrogens with one attached hydrogen (secondary N) is 2. The normalized spacial score (nSPS) is 11.7. The third kappa shape index (κ3) is 3.83. The molecule has 0 aliphatic carbocycles. The second-order valence-electron chi connectivity index (χ2n) is 4.80. The Bertz CT molecular complexity index is 800. The summed E-state index contributed by atoms with van der Waals surface area (Å²) < 4.78 is 26.5. The summed E-state index contributed by atoms with van der Waals surface area (Å²) in [7, 11) is 1.35. The van der Waals surface area contributed by atoms with Crippen LogP contribution in [0.1, 0.15) is 22.0 Å². The van der Waals surface area contributed by atoms with Crippen LogP contribution in [-0.4, -0.2) is 18.9 Å². The van der Waals surface area contributed by atoms with Gasteiger partial charge in [-0.1, -0.05) is 35.3 Å². The van der Waals surface area contributed by atoms with E-state index in [1.54, 1.807) is 0 Å². The van der Waals surface area contributed by atoms with E-state index in [1.165, 1.54) is 31.3 Å². The van der Waals surface area contributed by atoms with Gasteiger partial charge in [-0.3, -0.25) is 9.59 Å². The van der Waals surface area contributed by atoms with Gasteiger partial charge >= 0.3 is 0 Å². The molecule has 0 spiro atoms. The van der Waals surface area contributed by atoms with Crippen molar-refractivity contribution in [1.82, 2.24) is 10.6 Å². The van der Waals surface area contributed by atoms with Crippen LogP contribution in [0.3, 0.4) is 0 Å². The molecule has 2 rings (SSSR count). The zero-order valence-corrected chi connectivity index (χ0v) is 13.9. The lowest BCUT2D eigenvalue weighted by molar-refractivity contribution is -0.122. The highest BCUT2D eigenvalue weighted by Gasteiger charge is 2.24. The van der Waals surface area contributed by atoms with E-state index in [9.17, 15) is 18.4 Å². The molecule has 24 heavy (non-hydrogen) atoms. The molecular weight excluding hydrogens is 361 g/mol. The van der Waals surface area contributed by atoms with Crippen molar-refractivity contribution in [2.75, 3.05) is 7.05 Å². The van der Waals surface area contributed by atoms with E-state index in [4.69, 9.17) is 23.2 Å². The third-order valence-corrected chi connectivity index (χ3v) is 4.08. The Kier molecular flexibility index (Phi) is 5.75. The van der Waals surface area contributed by atoms with E-state index in [2.05, 4.69) is 10.6 Å². The zero-order chi connectivity index (χ0) is 17.9. The van der Waals surface area contributed by atoms with Gasteiger partial charge in [0.25, 0.3) is 5.91 Å². The van der Waals surface area contributed by atoms with Crippen molar-refractivity contribution in [1.29, 1.82) is 0 Å². The first kappa shape index (κ1) is 18.2. The van der Waals surface area contributed by atoms with Crippen molar-refractivity contribution < 1.29 is 18.4 Å². The van der Waals surface area contributed by atoms with Gasteiger partial charge in [-0.25, -0.2) is 8.78 Å². The maximum absolute atomic E-state index is 13.4. The first-order chi connectivity index (χ1) is 11.3. The minimum atomic E-state index is -1.23. The van der Waals surface area contributed by atoms with E-state index in [-0.39, 0.29) is 21.2 Å². The summed E-state index contributed by atoms with van der Waals surface area (Å²) in [6.45, 7) is 0. The number of hydrogen-bond acceptors (Lipinski definition) is 2. The van der Waals surface area contributed by atoms with Gasteiger partial charge in [0.1, 0.15) is 6.04 Å². The molecule has 0 heterocycles. The van der Waals surface area contributed by atoms with Gasteiger partial charge in [-0.05, 0) is 29.8 Å². The molecule has 0 aromatic heterocycles. The lowest BCUT2D eigenvalue weighted by Crippen LogP contribution is -2.39. The number of amides is 2. The number of likely N-dealkylation sites (N-methyl/N-ethyl adjacent to an activating group) is 1. The summed E-state index contributed by atoms with van der Waals surface area (Å²) in [6.07, 6.45) is 0. The molecular formula is C16H12Cl2F2N2O2. The largest absolute Gasteiger partial charge is 0.357 e. The molecule has 2 aromatic carbocycles. The predicted molar refractivity (Wildman–Crippen MR) is 87.1 cm³/mol. The number of hydrogen-bond donors (Lipinski definition) is 2. The standard InChI is InChI=1S/C16H12Cl2F2N2O2/c1-21-16(24)14(8-5-6-11(19)12(20)7-8)22-15(23)9-3-2-4-10(17)13(9)18/h2-7,14H,1H3,(H,21,24)(H,22,23). The molecule has 0 bridgehead atoms. The Morgan fingerprint density at radius 2 is 1.79 bits per heavy atom. The predicted octanol–water partition coefficient (Wildman–Crippen LogP) is 3.49. The molecule has 0 aliphatic heterocycles. The molecule has 2 N–H and O–H groups in total. The van der Waals surface area contributed by atoms with Gasteiger partial charge in [0, 0.05) is 7.05 Å². The Morgan fingerprint density at radius 1 is 1.08 bits per heavy atom. The molecule has 126 valence electrons. The molecule has 1 atom stereocenters. The van der Waals surface area contributed by atoms with Crippen molar-refractivity contribution in [2.45, 2.75) is 6.04 Å². The average Bonchev–Trinajstić information content (AvgIpc) is 2.56. The van der Waals surface area contributed by atoms with Crippen LogP contribution >= 0.6 is 23.2 Å². The number of carbonyl (C=O) groups is 2. The topological polar surface area (TPSA) is 58.2 Å². The van der Waals surface area contributed by atoms with Crippen LogP contribution < -0.4 is 10.6 Å². The van der Waals surface area contributed by atoms with Gasteiger partial charge in [-0.15, -0.1) is 0 Å². The highest BCUT2D eigenvalue weighted by Crippen LogP contribution is 2.26. The van der Waals surface area contributed by atoms with E-state index < -0.39 is 29.5 Å². The second-order valence-corrected chi connectivity index (χ2v) is 5.58. The van der Waals surface area contributed by atoms with Gasteiger partial charge in [0.05, 0.1) is 15.6 Å². The third-order valence-electron chi connectivity index (χ3n) is 3.26. The summed E-state index contributed by atoms with van der Waals surface area (Å²) in [5.74, 6) is -3.47. The smallest absolute Gasteiger partial charge is 0.253 e. The SMILES string of the molecule is CNC(=O)C(NC(=O)c1cccc(Cl)c1Cl)c1ccc(F)c(F)c1. The molecule has 8 heteroatoms. The Labute approximate surface area is 146 Å². The fourth-order valence-corrected chi connectivity index (χ4v) is 2.41. The molecule has 0 aliphatic rings. The van der Waals surface area contributed by atoms with Crippen LogP contribution in [0.15, 0.2) is 36.4 Å². The number of carbonyl (C=O) groups excluding carboxylic acids is 2. The summed E-state index contributed by atoms with van der Waals surface area (Å²) >= 11 is 11.8. The minimum Gasteiger partial charge on any atom is -0.357 e. The van der Waals surface area contributed by atoms with E-state index in [1.807, 2.05) is 0 Å². The van der Waals surface area contributed by atoms with Crippen molar-refractivity contribution in [3.63, 3.8) is 0 Å². The minimum absolute atomic E-state index is 0.0256. The molecule has 0 saturated heterocycles. The maximum atomic E-state index is 13.4. The Hall–Kier alpha value is -2.18. The zero-order valence-electron chi connectivity index (χ0n) is 12.4. The van der Waals surface area contributed by atoms with Crippen LogP contribution in [0.25, 0.3) is 0 Å². The van der Waals surface area contributed by atoms with Crippen LogP contribution in [0.5, 0.6) is 0 Å². The number of rotatable bonds is 4. The average molecular weight is 373 g/mol. The maximum Gasteiger partial charge on any atom is 0.253 e. The summed E-state index contributed by atoms with van der Waals surface area (Å²) in [6, 6.07) is 6.15. The van der Waals surface area contributed by atoms with Crippen LogP contribution in [-0.2, 0) is 4.79 Å². The van der Waals surface area contributed by atoms with E-state index >= 15 is 0 Å². The monoisotopic (exact) mass is 372 g/mol. The van der Waals surface area contributed by atoms with Gasteiger partial charge in [-0.2, -0.15) is 0 Å². The number of benzene rings is 2. The van der Waals surface area contributed by atoms with Crippen LogP contribution in [0.4, 0.5) is 8.78 Å². The van der Waals surface area contributed by atoms with E-state index in [0.29, 0.717) is 0 Å². The fraction of sp³-hybridized carbons (Fsp3) is 0.125. The second kappa shape index (κ2) is 7.59. The molecule has 4 nitrogen and oxygen atoms in total. The van der Waals surface area contributed by atoms with Crippen molar-refractivity contribution in [2.24, 2.45) is 0 Å². The molecule has 0 radical (unpaired) electrons.